The Labute approximate surface area is 120 Å². The van der Waals surface area contributed by atoms with Crippen molar-refractivity contribution in [3.63, 3.8) is 0 Å². The van der Waals surface area contributed by atoms with Crippen LogP contribution in [-0.2, 0) is 6.42 Å². The molecular formula is C12H14BrClN4. The summed E-state index contributed by atoms with van der Waals surface area (Å²) >= 11 is 9.54. The fraction of sp³-hybridized carbons (Fsp3) is 0.417. The molecule has 0 aliphatic carbocycles. The molecule has 2 aromatic heterocycles. The van der Waals surface area contributed by atoms with E-state index in [0.717, 1.165) is 34.5 Å². The molecule has 18 heavy (non-hydrogen) atoms. The molecule has 4 nitrogen and oxygen atoms in total. The third kappa shape index (κ3) is 2.57. The summed E-state index contributed by atoms with van der Waals surface area (Å²) in [6.45, 7) is 6.02. The Morgan fingerprint density at radius 1 is 1.33 bits per heavy atom. The van der Waals surface area contributed by atoms with Gasteiger partial charge >= 0.3 is 0 Å². The van der Waals surface area contributed by atoms with Gasteiger partial charge in [0, 0.05) is 12.5 Å². The molecule has 0 atom stereocenters. The largest absolute Gasteiger partial charge is 0.221 e. The summed E-state index contributed by atoms with van der Waals surface area (Å²) in [6, 6.07) is 1.73. The highest BCUT2D eigenvalue weighted by Crippen LogP contribution is 2.23. The van der Waals surface area contributed by atoms with Gasteiger partial charge in [0.2, 0.25) is 0 Å². The number of halogens is 2. The van der Waals surface area contributed by atoms with Crippen LogP contribution in [0.2, 0.25) is 5.15 Å². The van der Waals surface area contributed by atoms with E-state index in [9.17, 15) is 0 Å². The van der Waals surface area contributed by atoms with Crippen LogP contribution in [0.3, 0.4) is 0 Å². The molecule has 2 heterocycles. The molecule has 0 bridgehead atoms. The molecule has 0 saturated carbocycles. The number of hydrogen-bond donors (Lipinski definition) is 0. The van der Waals surface area contributed by atoms with Crippen molar-refractivity contribution in [1.29, 1.82) is 0 Å². The fourth-order valence-electron chi connectivity index (χ4n) is 1.74. The predicted octanol–water partition coefficient (Wildman–Crippen LogP) is 3.65. The molecular weight excluding hydrogens is 316 g/mol. The predicted molar refractivity (Wildman–Crippen MR) is 75.3 cm³/mol. The highest BCUT2D eigenvalue weighted by molar-refractivity contribution is 9.10. The van der Waals surface area contributed by atoms with E-state index in [1.54, 1.807) is 10.7 Å². The minimum atomic E-state index is 0.451. The van der Waals surface area contributed by atoms with Crippen LogP contribution in [0, 0.1) is 13.8 Å². The van der Waals surface area contributed by atoms with Crippen LogP contribution in [0.4, 0.5) is 0 Å². The van der Waals surface area contributed by atoms with E-state index in [-0.39, 0.29) is 0 Å². The Hall–Kier alpha value is -0.940. The lowest BCUT2D eigenvalue weighted by Gasteiger charge is -2.06. The molecule has 0 saturated heterocycles. The number of rotatable bonds is 3. The molecule has 0 aromatic carbocycles. The number of hydrogen-bond acceptors (Lipinski definition) is 3. The summed E-state index contributed by atoms with van der Waals surface area (Å²) in [4.78, 5) is 8.70. The molecule has 6 heteroatoms. The first-order chi connectivity index (χ1) is 8.52. The average molecular weight is 330 g/mol. The zero-order valence-electron chi connectivity index (χ0n) is 10.5. The molecule has 0 spiro atoms. The van der Waals surface area contributed by atoms with Crippen molar-refractivity contribution in [2.45, 2.75) is 33.6 Å². The topological polar surface area (TPSA) is 43.6 Å². The summed E-state index contributed by atoms with van der Waals surface area (Å²) < 4.78 is 2.78. The van der Waals surface area contributed by atoms with Gasteiger partial charge in [-0.1, -0.05) is 18.5 Å². The van der Waals surface area contributed by atoms with Gasteiger partial charge in [-0.05, 0) is 36.2 Å². The Morgan fingerprint density at radius 3 is 2.61 bits per heavy atom. The van der Waals surface area contributed by atoms with Gasteiger partial charge in [-0.3, -0.25) is 0 Å². The highest BCUT2D eigenvalue weighted by Gasteiger charge is 2.12. The molecule has 2 aromatic rings. The highest BCUT2D eigenvalue weighted by atomic mass is 79.9. The van der Waals surface area contributed by atoms with E-state index in [0.29, 0.717) is 11.0 Å². The summed E-state index contributed by atoms with van der Waals surface area (Å²) in [7, 11) is 0. The quantitative estimate of drug-likeness (QED) is 0.807. The van der Waals surface area contributed by atoms with Gasteiger partial charge in [-0.15, -0.1) is 0 Å². The van der Waals surface area contributed by atoms with Crippen molar-refractivity contribution in [3.05, 3.63) is 32.9 Å². The van der Waals surface area contributed by atoms with Crippen LogP contribution in [-0.4, -0.2) is 19.7 Å². The molecule has 0 aliphatic rings. The zero-order valence-corrected chi connectivity index (χ0v) is 12.9. The van der Waals surface area contributed by atoms with Gasteiger partial charge in [0.05, 0.1) is 15.9 Å². The normalized spacial score (nSPS) is 10.9. The molecule has 0 radical (unpaired) electrons. The second-order valence-electron chi connectivity index (χ2n) is 4.11. The SMILES string of the molecule is CCCc1nc(Cl)cc(-n2nc(C)c(Br)c2C)n1. The van der Waals surface area contributed by atoms with Crippen LogP contribution in [0.5, 0.6) is 0 Å². The maximum absolute atomic E-state index is 6.03. The van der Waals surface area contributed by atoms with Crippen LogP contribution in [0.1, 0.15) is 30.6 Å². The van der Waals surface area contributed by atoms with Crippen molar-refractivity contribution in [1.82, 2.24) is 19.7 Å². The third-order valence-corrected chi connectivity index (χ3v) is 3.96. The van der Waals surface area contributed by atoms with Crippen molar-refractivity contribution in [3.8, 4) is 5.82 Å². The summed E-state index contributed by atoms with van der Waals surface area (Å²) in [5.74, 6) is 1.47. The lowest BCUT2D eigenvalue weighted by Crippen LogP contribution is -2.06. The first-order valence-electron chi connectivity index (χ1n) is 5.78. The fourth-order valence-corrected chi connectivity index (χ4v) is 2.18. The van der Waals surface area contributed by atoms with E-state index < -0.39 is 0 Å². The Balaban J connectivity index is 2.52. The summed E-state index contributed by atoms with van der Waals surface area (Å²) in [6.07, 6.45) is 1.80. The first kappa shape index (κ1) is 13.5. The number of aryl methyl sites for hydroxylation is 2. The molecule has 0 unspecified atom stereocenters. The van der Waals surface area contributed by atoms with Crippen LogP contribution in [0.15, 0.2) is 10.5 Å². The Bertz CT molecular complexity index is 580. The lowest BCUT2D eigenvalue weighted by molar-refractivity contribution is 0.765. The van der Waals surface area contributed by atoms with Gasteiger partial charge in [-0.25, -0.2) is 14.6 Å². The standard InChI is InChI=1S/C12H14BrClN4/c1-4-5-10-15-9(14)6-11(16-10)18-8(3)12(13)7(2)17-18/h6H,4-5H2,1-3H3. The van der Waals surface area contributed by atoms with Crippen molar-refractivity contribution in [2.24, 2.45) is 0 Å². The van der Waals surface area contributed by atoms with Crippen molar-refractivity contribution in [2.75, 3.05) is 0 Å². The van der Waals surface area contributed by atoms with Crippen LogP contribution in [0.25, 0.3) is 5.82 Å². The van der Waals surface area contributed by atoms with E-state index in [2.05, 4.69) is 37.9 Å². The minimum absolute atomic E-state index is 0.451. The zero-order chi connectivity index (χ0) is 13.3. The van der Waals surface area contributed by atoms with Crippen LogP contribution < -0.4 is 0 Å². The molecule has 0 amide bonds. The first-order valence-corrected chi connectivity index (χ1v) is 6.95. The lowest BCUT2D eigenvalue weighted by atomic mass is 10.3. The number of aromatic nitrogens is 4. The van der Waals surface area contributed by atoms with Crippen molar-refractivity contribution >= 4 is 27.5 Å². The molecule has 0 fully saturated rings. The Morgan fingerprint density at radius 2 is 2.06 bits per heavy atom. The maximum Gasteiger partial charge on any atom is 0.158 e. The average Bonchev–Trinajstić information content (AvgIpc) is 2.57. The molecule has 2 rings (SSSR count). The Kier molecular flexibility index (Phi) is 4.02. The molecule has 0 N–H and O–H groups in total. The van der Waals surface area contributed by atoms with Crippen LogP contribution >= 0.6 is 27.5 Å². The molecule has 0 aliphatic heterocycles. The maximum atomic E-state index is 6.03. The van der Waals surface area contributed by atoms with Gasteiger partial charge in [0.15, 0.2) is 5.82 Å². The third-order valence-electron chi connectivity index (χ3n) is 2.62. The van der Waals surface area contributed by atoms with E-state index in [4.69, 9.17) is 11.6 Å². The van der Waals surface area contributed by atoms with Crippen molar-refractivity contribution < 1.29 is 0 Å². The van der Waals surface area contributed by atoms with E-state index in [1.165, 1.54) is 0 Å². The van der Waals surface area contributed by atoms with Gasteiger partial charge in [-0.2, -0.15) is 5.10 Å². The second kappa shape index (κ2) is 5.36. The second-order valence-corrected chi connectivity index (χ2v) is 5.29. The summed E-state index contributed by atoms with van der Waals surface area (Å²) in [5, 5.41) is 4.89. The summed E-state index contributed by atoms with van der Waals surface area (Å²) in [5.41, 5.74) is 1.93. The smallest absolute Gasteiger partial charge is 0.158 e. The van der Waals surface area contributed by atoms with Gasteiger partial charge < -0.3 is 0 Å². The van der Waals surface area contributed by atoms with Gasteiger partial charge in [0.1, 0.15) is 11.0 Å². The van der Waals surface area contributed by atoms with Gasteiger partial charge in [0.25, 0.3) is 0 Å². The van der Waals surface area contributed by atoms with E-state index in [1.807, 2.05) is 13.8 Å². The monoisotopic (exact) mass is 328 g/mol. The number of nitrogens with zero attached hydrogens (tertiary/aromatic N) is 4. The molecule has 96 valence electrons. The minimum Gasteiger partial charge on any atom is -0.221 e. The van der Waals surface area contributed by atoms with E-state index >= 15 is 0 Å².